The average molecular weight is 318 g/mol. The first kappa shape index (κ1) is 16.5. The second-order valence-corrected chi connectivity index (χ2v) is 6.31. The maximum absolute atomic E-state index is 12.1. The van der Waals surface area contributed by atoms with Crippen LogP contribution in [-0.2, 0) is 11.2 Å². The fraction of sp³-hybridized carbons (Fsp3) is 0.438. The standard InChI is InChI=1S/C16H22N4OS/c1-5-14-18-19-16(20(14)11(2)3)22-10-15(21)17-13-9-7-6-8-12(13)4/h6-9,11H,5,10H2,1-4H3,(H,17,21). The Morgan fingerprint density at radius 3 is 2.68 bits per heavy atom. The third-order valence-electron chi connectivity index (χ3n) is 3.32. The van der Waals surface area contributed by atoms with Crippen LogP contribution in [0.15, 0.2) is 29.4 Å². The van der Waals surface area contributed by atoms with Crippen molar-refractivity contribution in [3.05, 3.63) is 35.7 Å². The number of para-hydroxylation sites is 1. The molecule has 6 heteroatoms. The van der Waals surface area contributed by atoms with Crippen LogP contribution in [0.5, 0.6) is 0 Å². The summed E-state index contributed by atoms with van der Waals surface area (Å²) in [5, 5.41) is 12.1. The molecule has 1 N–H and O–H groups in total. The van der Waals surface area contributed by atoms with E-state index in [0.717, 1.165) is 28.7 Å². The molecule has 0 radical (unpaired) electrons. The van der Waals surface area contributed by atoms with Crippen LogP contribution in [0.25, 0.3) is 0 Å². The quantitative estimate of drug-likeness (QED) is 0.829. The van der Waals surface area contributed by atoms with Gasteiger partial charge in [-0.2, -0.15) is 0 Å². The van der Waals surface area contributed by atoms with Gasteiger partial charge >= 0.3 is 0 Å². The number of amides is 1. The maximum Gasteiger partial charge on any atom is 0.234 e. The van der Waals surface area contributed by atoms with Crippen LogP contribution in [0.1, 0.15) is 38.2 Å². The summed E-state index contributed by atoms with van der Waals surface area (Å²) in [5.74, 6) is 1.25. The average Bonchev–Trinajstić information content (AvgIpc) is 2.91. The van der Waals surface area contributed by atoms with E-state index in [1.54, 1.807) is 0 Å². The molecule has 0 unspecified atom stereocenters. The molecule has 0 aliphatic carbocycles. The number of aromatic nitrogens is 3. The molecule has 0 saturated carbocycles. The summed E-state index contributed by atoms with van der Waals surface area (Å²) in [6.45, 7) is 8.23. The highest BCUT2D eigenvalue weighted by molar-refractivity contribution is 7.99. The van der Waals surface area contributed by atoms with Crippen molar-refractivity contribution < 1.29 is 4.79 Å². The zero-order valence-electron chi connectivity index (χ0n) is 13.5. The Morgan fingerprint density at radius 2 is 2.05 bits per heavy atom. The van der Waals surface area contributed by atoms with Crippen LogP contribution >= 0.6 is 11.8 Å². The minimum absolute atomic E-state index is 0.0318. The summed E-state index contributed by atoms with van der Waals surface area (Å²) < 4.78 is 2.09. The van der Waals surface area contributed by atoms with Crippen LogP contribution in [0, 0.1) is 6.92 Å². The predicted octanol–water partition coefficient (Wildman–Crippen LogP) is 3.46. The van der Waals surface area contributed by atoms with Gasteiger partial charge in [-0.1, -0.05) is 36.9 Å². The van der Waals surface area contributed by atoms with Crippen molar-refractivity contribution in [3.8, 4) is 0 Å². The van der Waals surface area contributed by atoms with Crippen LogP contribution < -0.4 is 5.32 Å². The molecule has 0 bridgehead atoms. The van der Waals surface area contributed by atoms with Crippen molar-refractivity contribution in [1.82, 2.24) is 14.8 Å². The van der Waals surface area contributed by atoms with Crippen LogP contribution in [0.4, 0.5) is 5.69 Å². The Hall–Kier alpha value is -1.82. The molecule has 0 aliphatic rings. The van der Waals surface area contributed by atoms with Crippen molar-refractivity contribution in [2.75, 3.05) is 11.1 Å². The van der Waals surface area contributed by atoms with Gasteiger partial charge in [-0.15, -0.1) is 10.2 Å². The van der Waals surface area contributed by atoms with E-state index in [-0.39, 0.29) is 11.9 Å². The summed E-state index contributed by atoms with van der Waals surface area (Å²) >= 11 is 1.42. The number of carbonyl (C=O) groups excluding carboxylic acids is 1. The van der Waals surface area contributed by atoms with Crippen LogP contribution in [0.3, 0.4) is 0 Å². The minimum Gasteiger partial charge on any atom is -0.325 e. The molecule has 1 heterocycles. The van der Waals surface area contributed by atoms with Gasteiger partial charge in [0.25, 0.3) is 0 Å². The fourth-order valence-electron chi connectivity index (χ4n) is 2.20. The zero-order valence-corrected chi connectivity index (χ0v) is 14.3. The molecule has 5 nitrogen and oxygen atoms in total. The van der Waals surface area contributed by atoms with E-state index in [4.69, 9.17) is 0 Å². The van der Waals surface area contributed by atoms with Gasteiger partial charge in [0, 0.05) is 18.2 Å². The lowest BCUT2D eigenvalue weighted by Gasteiger charge is -2.13. The first-order chi connectivity index (χ1) is 10.5. The molecular formula is C16H22N4OS. The highest BCUT2D eigenvalue weighted by atomic mass is 32.2. The Balaban J connectivity index is 2.00. The lowest BCUT2D eigenvalue weighted by Crippen LogP contribution is -2.15. The van der Waals surface area contributed by atoms with Gasteiger partial charge in [-0.05, 0) is 32.4 Å². The number of carbonyl (C=O) groups is 1. The number of aryl methyl sites for hydroxylation is 2. The lowest BCUT2D eigenvalue weighted by molar-refractivity contribution is -0.113. The molecule has 0 aliphatic heterocycles. The lowest BCUT2D eigenvalue weighted by atomic mass is 10.2. The Bertz CT molecular complexity index is 651. The van der Waals surface area contributed by atoms with Gasteiger partial charge in [-0.3, -0.25) is 4.79 Å². The highest BCUT2D eigenvalue weighted by Gasteiger charge is 2.15. The SMILES string of the molecule is CCc1nnc(SCC(=O)Nc2ccccc2C)n1C(C)C. The van der Waals surface area contributed by atoms with Crippen molar-refractivity contribution >= 4 is 23.4 Å². The molecule has 2 rings (SSSR count). The van der Waals surface area contributed by atoms with Crippen LogP contribution in [-0.4, -0.2) is 26.4 Å². The molecule has 0 saturated heterocycles. The number of rotatable bonds is 6. The number of hydrogen-bond acceptors (Lipinski definition) is 4. The number of thioether (sulfide) groups is 1. The van der Waals surface area contributed by atoms with E-state index in [0.29, 0.717) is 5.75 Å². The molecule has 0 atom stereocenters. The zero-order chi connectivity index (χ0) is 16.1. The number of benzene rings is 1. The highest BCUT2D eigenvalue weighted by Crippen LogP contribution is 2.22. The van der Waals surface area contributed by atoms with Crippen molar-refractivity contribution in [1.29, 1.82) is 0 Å². The van der Waals surface area contributed by atoms with Gasteiger partial charge in [0.2, 0.25) is 5.91 Å². The number of nitrogens with one attached hydrogen (secondary N) is 1. The van der Waals surface area contributed by atoms with E-state index >= 15 is 0 Å². The first-order valence-electron chi connectivity index (χ1n) is 7.45. The Kier molecular flexibility index (Phi) is 5.60. The number of nitrogens with zero attached hydrogens (tertiary/aromatic N) is 3. The van der Waals surface area contributed by atoms with E-state index in [2.05, 4.69) is 40.9 Å². The topological polar surface area (TPSA) is 59.8 Å². The summed E-state index contributed by atoms with van der Waals surface area (Å²) in [5.41, 5.74) is 1.91. The largest absolute Gasteiger partial charge is 0.325 e. The summed E-state index contributed by atoms with van der Waals surface area (Å²) in [4.78, 5) is 12.1. The number of hydrogen-bond donors (Lipinski definition) is 1. The first-order valence-corrected chi connectivity index (χ1v) is 8.43. The van der Waals surface area contributed by atoms with Gasteiger partial charge in [0.15, 0.2) is 5.16 Å². The van der Waals surface area contributed by atoms with Crippen molar-refractivity contribution in [2.24, 2.45) is 0 Å². The monoisotopic (exact) mass is 318 g/mol. The molecule has 22 heavy (non-hydrogen) atoms. The van der Waals surface area contributed by atoms with E-state index in [1.165, 1.54) is 11.8 Å². The molecule has 1 aromatic heterocycles. The fourth-order valence-corrected chi connectivity index (χ4v) is 3.08. The van der Waals surface area contributed by atoms with E-state index in [9.17, 15) is 4.79 Å². The number of anilines is 1. The Morgan fingerprint density at radius 1 is 1.32 bits per heavy atom. The second kappa shape index (κ2) is 7.45. The maximum atomic E-state index is 12.1. The van der Waals surface area contributed by atoms with Crippen molar-refractivity contribution in [3.63, 3.8) is 0 Å². The summed E-state index contributed by atoms with van der Waals surface area (Å²) in [7, 11) is 0. The third-order valence-corrected chi connectivity index (χ3v) is 4.26. The predicted molar refractivity (Wildman–Crippen MR) is 90.3 cm³/mol. The van der Waals surface area contributed by atoms with E-state index < -0.39 is 0 Å². The smallest absolute Gasteiger partial charge is 0.234 e. The molecule has 0 fully saturated rings. The normalized spacial score (nSPS) is 11.0. The van der Waals surface area contributed by atoms with Crippen molar-refractivity contribution in [2.45, 2.75) is 45.3 Å². The molecular weight excluding hydrogens is 296 g/mol. The molecule has 118 valence electrons. The molecule has 1 aromatic carbocycles. The Labute approximate surface area is 135 Å². The van der Waals surface area contributed by atoms with Gasteiger partial charge in [-0.25, -0.2) is 0 Å². The molecule has 2 aromatic rings. The van der Waals surface area contributed by atoms with E-state index in [1.807, 2.05) is 31.2 Å². The van der Waals surface area contributed by atoms with Gasteiger partial charge in [0.1, 0.15) is 5.82 Å². The second-order valence-electron chi connectivity index (χ2n) is 5.37. The summed E-state index contributed by atoms with van der Waals surface area (Å²) in [6.07, 6.45) is 0.834. The minimum atomic E-state index is -0.0318. The molecule has 0 spiro atoms. The third kappa shape index (κ3) is 3.88. The van der Waals surface area contributed by atoms with Crippen LogP contribution in [0.2, 0.25) is 0 Å². The van der Waals surface area contributed by atoms with Gasteiger partial charge in [0.05, 0.1) is 5.75 Å². The van der Waals surface area contributed by atoms with Gasteiger partial charge < -0.3 is 9.88 Å². The summed E-state index contributed by atoms with van der Waals surface area (Å²) in [6, 6.07) is 8.04. The molecule has 1 amide bonds.